The Morgan fingerprint density at radius 3 is 2.59 bits per heavy atom. The van der Waals surface area contributed by atoms with E-state index in [0.29, 0.717) is 25.1 Å². The zero-order valence-corrected chi connectivity index (χ0v) is 16.7. The van der Waals surface area contributed by atoms with E-state index in [0.717, 1.165) is 22.0 Å². The second kappa shape index (κ2) is 9.89. The molecule has 1 heterocycles. The molecule has 0 radical (unpaired) electrons. The number of para-hydroxylation sites is 1. The number of amides is 1. The maximum absolute atomic E-state index is 12.1. The summed E-state index contributed by atoms with van der Waals surface area (Å²) >= 11 is 0. The first kappa shape index (κ1) is 20.6. The van der Waals surface area contributed by atoms with Crippen molar-refractivity contribution < 1.29 is 19.1 Å². The molecule has 6 heteroatoms. The molecular weight excluding hydrogens is 368 g/mol. The van der Waals surface area contributed by atoms with E-state index in [1.54, 1.807) is 12.1 Å². The summed E-state index contributed by atoms with van der Waals surface area (Å²) in [4.78, 5) is 27.3. The highest BCUT2D eigenvalue weighted by molar-refractivity contribution is 5.91. The van der Waals surface area contributed by atoms with Gasteiger partial charge in [0, 0.05) is 23.6 Å². The lowest BCUT2D eigenvalue weighted by Crippen LogP contribution is -2.30. The standard InChI is InChI=1S/C23H26N2O4/c1-16(2)28-14-17-7-9-18(10-8-17)23(27)29-15-22(26)24-12-11-19-13-25-21-6-4-3-5-20(19)21/h3-10,13,16,25H,11-12,14-15H2,1-2H3,(H,24,26). The van der Waals surface area contributed by atoms with Gasteiger partial charge in [0.2, 0.25) is 0 Å². The number of hydrogen-bond donors (Lipinski definition) is 2. The van der Waals surface area contributed by atoms with Crippen molar-refractivity contribution in [2.45, 2.75) is 33.0 Å². The number of aromatic amines is 1. The van der Waals surface area contributed by atoms with Crippen LogP contribution in [-0.4, -0.2) is 36.1 Å². The summed E-state index contributed by atoms with van der Waals surface area (Å²) in [7, 11) is 0. The van der Waals surface area contributed by atoms with Crippen molar-refractivity contribution in [3.05, 3.63) is 71.4 Å². The quantitative estimate of drug-likeness (QED) is 0.544. The Labute approximate surface area is 170 Å². The van der Waals surface area contributed by atoms with Gasteiger partial charge in [0.05, 0.1) is 18.3 Å². The maximum atomic E-state index is 12.1. The number of rotatable bonds is 9. The molecule has 29 heavy (non-hydrogen) atoms. The largest absolute Gasteiger partial charge is 0.452 e. The van der Waals surface area contributed by atoms with E-state index in [9.17, 15) is 9.59 Å². The van der Waals surface area contributed by atoms with Crippen LogP contribution in [-0.2, 0) is 27.3 Å². The lowest BCUT2D eigenvalue weighted by molar-refractivity contribution is -0.124. The first-order valence-corrected chi connectivity index (χ1v) is 9.72. The van der Waals surface area contributed by atoms with Gasteiger partial charge in [-0.05, 0) is 49.6 Å². The van der Waals surface area contributed by atoms with Gasteiger partial charge in [0.15, 0.2) is 6.61 Å². The Kier molecular flexibility index (Phi) is 7.03. The molecule has 0 fully saturated rings. The normalized spacial score (nSPS) is 11.0. The molecule has 3 aromatic rings. The van der Waals surface area contributed by atoms with Gasteiger partial charge in [-0.25, -0.2) is 4.79 Å². The Balaban J connectivity index is 1.40. The van der Waals surface area contributed by atoms with Gasteiger partial charge in [-0.1, -0.05) is 30.3 Å². The molecule has 3 rings (SSSR count). The third-order valence-electron chi connectivity index (χ3n) is 4.50. The molecule has 152 valence electrons. The van der Waals surface area contributed by atoms with E-state index < -0.39 is 5.97 Å². The van der Waals surface area contributed by atoms with Gasteiger partial charge in [0.1, 0.15) is 0 Å². The van der Waals surface area contributed by atoms with Crippen molar-refractivity contribution in [3.63, 3.8) is 0 Å². The Morgan fingerprint density at radius 1 is 1.07 bits per heavy atom. The molecule has 6 nitrogen and oxygen atoms in total. The Bertz CT molecular complexity index is 960. The SMILES string of the molecule is CC(C)OCc1ccc(C(=O)OCC(=O)NCCc2c[nH]c3ccccc23)cc1. The summed E-state index contributed by atoms with van der Waals surface area (Å²) in [6.07, 6.45) is 2.80. The number of aromatic nitrogens is 1. The third-order valence-corrected chi connectivity index (χ3v) is 4.50. The van der Waals surface area contributed by atoms with Crippen LogP contribution in [0.1, 0.15) is 35.3 Å². The smallest absolute Gasteiger partial charge is 0.338 e. The molecular formula is C23H26N2O4. The summed E-state index contributed by atoms with van der Waals surface area (Å²) in [5.41, 5.74) is 3.60. The molecule has 2 aromatic carbocycles. The molecule has 0 aliphatic heterocycles. The van der Waals surface area contributed by atoms with Crippen LogP contribution >= 0.6 is 0 Å². The number of carbonyl (C=O) groups excluding carboxylic acids is 2. The zero-order chi connectivity index (χ0) is 20.6. The molecule has 0 atom stereocenters. The number of benzene rings is 2. The average molecular weight is 394 g/mol. The first-order chi connectivity index (χ1) is 14.0. The van der Waals surface area contributed by atoms with Gasteiger partial charge in [-0.3, -0.25) is 4.79 Å². The van der Waals surface area contributed by atoms with Gasteiger partial charge in [0.25, 0.3) is 5.91 Å². The van der Waals surface area contributed by atoms with E-state index in [4.69, 9.17) is 9.47 Å². The summed E-state index contributed by atoms with van der Waals surface area (Å²) in [6, 6.07) is 15.0. The van der Waals surface area contributed by atoms with Gasteiger partial charge in [-0.15, -0.1) is 0 Å². The topological polar surface area (TPSA) is 80.4 Å². The minimum absolute atomic E-state index is 0.147. The predicted octanol–water partition coefficient (Wildman–Crippen LogP) is 3.61. The third kappa shape index (κ3) is 5.93. The molecule has 0 saturated heterocycles. The van der Waals surface area contributed by atoms with Crippen LogP contribution < -0.4 is 5.32 Å². The van der Waals surface area contributed by atoms with Crippen LogP contribution in [0.15, 0.2) is 54.7 Å². The van der Waals surface area contributed by atoms with E-state index >= 15 is 0 Å². The number of carbonyl (C=O) groups is 2. The van der Waals surface area contributed by atoms with E-state index in [2.05, 4.69) is 10.3 Å². The summed E-state index contributed by atoms with van der Waals surface area (Å²) < 4.78 is 10.6. The van der Waals surface area contributed by atoms with E-state index in [-0.39, 0.29) is 18.6 Å². The van der Waals surface area contributed by atoms with Crippen LogP contribution in [0.3, 0.4) is 0 Å². The molecule has 1 aromatic heterocycles. The molecule has 0 unspecified atom stereocenters. The van der Waals surface area contributed by atoms with Crippen LogP contribution in [0, 0.1) is 0 Å². The zero-order valence-electron chi connectivity index (χ0n) is 16.7. The lowest BCUT2D eigenvalue weighted by atomic mass is 10.1. The van der Waals surface area contributed by atoms with Crippen molar-refractivity contribution in [2.75, 3.05) is 13.2 Å². The van der Waals surface area contributed by atoms with Crippen molar-refractivity contribution in [1.82, 2.24) is 10.3 Å². The lowest BCUT2D eigenvalue weighted by Gasteiger charge is -2.09. The van der Waals surface area contributed by atoms with E-state index in [1.165, 1.54) is 0 Å². The Hall–Kier alpha value is -3.12. The molecule has 0 spiro atoms. The number of esters is 1. The fraction of sp³-hybridized carbons (Fsp3) is 0.304. The molecule has 0 saturated carbocycles. The summed E-state index contributed by atoms with van der Waals surface area (Å²) in [5.74, 6) is -0.840. The van der Waals surface area contributed by atoms with E-state index in [1.807, 2.05) is 56.4 Å². The van der Waals surface area contributed by atoms with Crippen LogP contribution in [0.5, 0.6) is 0 Å². The van der Waals surface area contributed by atoms with Crippen LogP contribution in [0.25, 0.3) is 10.9 Å². The second-order valence-corrected chi connectivity index (χ2v) is 7.09. The fourth-order valence-electron chi connectivity index (χ4n) is 2.94. The number of ether oxygens (including phenoxy) is 2. The maximum Gasteiger partial charge on any atom is 0.338 e. The summed E-state index contributed by atoms with van der Waals surface area (Å²) in [6.45, 7) is 4.61. The summed E-state index contributed by atoms with van der Waals surface area (Å²) in [5, 5.41) is 3.93. The van der Waals surface area contributed by atoms with Crippen molar-refractivity contribution in [2.24, 2.45) is 0 Å². The molecule has 0 bridgehead atoms. The second-order valence-electron chi connectivity index (χ2n) is 7.09. The van der Waals surface area contributed by atoms with Crippen molar-refractivity contribution in [1.29, 1.82) is 0 Å². The highest BCUT2D eigenvalue weighted by atomic mass is 16.5. The molecule has 1 amide bonds. The predicted molar refractivity (Wildman–Crippen MR) is 112 cm³/mol. The molecule has 0 aliphatic rings. The first-order valence-electron chi connectivity index (χ1n) is 9.72. The van der Waals surface area contributed by atoms with Gasteiger partial charge < -0.3 is 19.8 Å². The number of H-pyrrole nitrogens is 1. The van der Waals surface area contributed by atoms with Crippen molar-refractivity contribution >= 4 is 22.8 Å². The van der Waals surface area contributed by atoms with Gasteiger partial charge in [-0.2, -0.15) is 0 Å². The minimum atomic E-state index is -0.520. The number of hydrogen-bond acceptors (Lipinski definition) is 4. The molecule has 0 aliphatic carbocycles. The molecule has 2 N–H and O–H groups in total. The highest BCUT2D eigenvalue weighted by Crippen LogP contribution is 2.17. The average Bonchev–Trinajstić information content (AvgIpc) is 3.14. The van der Waals surface area contributed by atoms with Crippen LogP contribution in [0.2, 0.25) is 0 Å². The fourth-order valence-corrected chi connectivity index (χ4v) is 2.94. The number of fused-ring (bicyclic) bond motifs is 1. The minimum Gasteiger partial charge on any atom is -0.452 e. The Morgan fingerprint density at radius 2 is 1.83 bits per heavy atom. The van der Waals surface area contributed by atoms with Crippen molar-refractivity contribution in [3.8, 4) is 0 Å². The van der Waals surface area contributed by atoms with Crippen LogP contribution in [0.4, 0.5) is 0 Å². The monoisotopic (exact) mass is 394 g/mol. The van der Waals surface area contributed by atoms with Gasteiger partial charge >= 0.3 is 5.97 Å². The highest BCUT2D eigenvalue weighted by Gasteiger charge is 2.11. The number of nitrogens with one attached hydrogen (secondary N) is 2.